The summed E-state index contributed by atoms with van der Waals surface area (Å²) < 4.78 is 0. The largest absolute Gasteiger partial charge is 0.339 e. The topological polar surface area (TPSA) is 43.9 Å². The average molecular weight is 372 g/mol. The minimum Gasteiger partial charge on any atom is -0.339 e. The predicted molar refractivity (Wildman–Crippen MR) is 110 cm³/mol. The number of benzene rings is 1. The van der Waals surface area contributed by atoms with Crippen LogP contribution in [0.15, 0.2) is 36.4 Å². The highest BCUT2D eigenvalue weighted by atomic mass is 16.2. The molecule has 2 rings (SSSR count). The van der Waals surface area contributed by atoms with Gasteiger partial charge < -0.3 is 9.80 Å². The Hall–Kier alpha value is -2.14. The van der Waals surface area contributed by atoms with Gasteiger partial charge in [-0.1, -0.05) is 62.2 Å². The van der Waals surface area contributed by atoms with Crippen molar-refractivity contribution in [2.75, 3.05) is 45.8 Å². The second-order valence-electron chi connectivity index (χ2n) is 7.14. The summed E-state index contributed by atoms with van der Waals surface area (Å²) in [5.41, 5.74) is 1.21. The third kappa shape index (κ3) is 7.55. The van der Waals surface area contributed by atoms with Crippen molar-refractivity contribution in [1.29, 1.82) is 0 Å². The fourth-order valence-electron chi connectivity index (χ4n) is 3.25. The van der Waals surface area contributed by atoms with Gasteiger partial charge in [0.1, 0.15) is 0 Å². The molecule has 1 heterocycles. The van der Waals surface area contributed by atoms with Gasteiger partial charge in [-0.2, -0.15) is 0 Å². The van der Waals surface area contributed by atoms with E-state index in [1.165, 1.54) is 5.56 Å². The summed E-state index contributed by atoms with van der Waals surface area (Å²) in [6.07, 6.45) is 7.48. The number of nitrogens with zero attached hydrogens (tertiary/aromatic N) is 3. The Morgan fingerprint density at radius 1 is 1.07 bits per heavy atom. The van der Waals surface area contributed by atoms with Gasteiger partial charge in [-0.25, -0.2) is 0 Å². The molecule has 0 saturated carbocycles. The van der Waals surface area contributed by atoms with E-state index in [4.69, 9.17) is 0 Å². The molecule has 0 radical (unpaired) electrons. The summed E-state index contributed by atoms with van der Waals surface area (Å²) in [6, 6.07) is 10.3. The number of hydrogen-bond acceptors (Lipinski definition) is 3. The molecule has 0 N–H and O–H groups in total. The lowest BCUT2D eigenvalue weighted by Gasteiger charge is -2.35. The van der Waals surface area contributed by atoms with Crippen LogP contribution >= 0.6 is 0 Å². The number of amides is 2. The quantitative estimate of drug-likeness (QED) is 0.627. The molecule has 1 aromatic carbocycles. The Balaban J connectivity index is 1.72. The molecule has 1 aliphatic heterocycles. The van der Waals surface area contributed by atoms with Gasteiger partial charge in [0.25, 0.3) is 0 Å². The molecule has 0 aromatic heterocycles. The van der Waals surface area contributed by atoms with Crippen molar-refractivity contribution in [3.8, 4) is 0 Å². The molecule has 1 saturated heterocycles. The van der Waals surface area contributed by atoms with Crippen LogP contribution in [0.4, 0.5) is 0 Å². The molecule has 0 spiro atoms. The molecule has 1 aliphatic rings. The molecule has 0 aliphatic carbocycles. The molecule has 1 aromatic rings. The number of carbonyl (C=O) groups excluding carboxylic acids is 2. The van der Waals surface area contributed by atoms with Gasteiger partial charge in [0.15, 0.2) is 0 Å². The lowest BCUT2D eigenvalue weighted by Crippen LogP contribution is -2.51. The summed E-state index contributed by atoms with van der Waals surface area (Å²) in [6.45, 7) is 8.70. The van der Waals surface area contributed by atoms with Gasteiger partial charge in [-0.15, -0.1) is 0 Å². The fourth-order valence-corrected chi connectivity index (χ4v) is 3.25. The van der Waals surface area contributed by atoms with Crippen molar-refractivity contribution < 1.29 is 9.59 Å². The van der Waals surface area contributed by atoms with E-state index in [2.05, 4.69) is 36.1 Å². The third-order valence-corrected chi connectivity index (χ3v) is 5.00. The summed E-state index contributed by atoms with van der Waals surface area (Å²) >= 11 is 0. The molecule has 148 valence electrons. The summed E-state index contributed by atoms with van der Waals surface area (Å²) in [5.74, 6) is 0.0605. The fraction of sp³-hybridized carbons (Fsp3) is 0.545. The monoisotopic (exact) mass is 371 g/mol. The highest BCUT2D eigenvalue weighted by Gasteiger charge is 2.22. The number of rotatable bonds is 9. The maximum atomic E-state index is 12.6. The normalized spacial score (nSPS) is 15.3. The van der Waals surface area contributed by atoms with Crippen LogP contribution in [0.5, 0.6) is 0 Å². The zero-order valence-electron chi connectivity index (χ0n) is 16.8. The maximum absolute atomic E-state index is 12.6. The van der Waals surface area contributed by atoms with Crippen LogP contribution in [0.3, 0.4) is 0 Å². The van der Waals surface area contributed by atoms with E-state index in [0.29, 0.717) is 6.54 Å². The first-order valence-electron chi connectivity index (χ1n) is 10.1. The average Bonchev–Trinajstić information content (AvgIpc) is 2.68. The van der Waals surface area contributed by atoms with Crippen molar-refractivity contribution in [3.63, 3.8) is 0 Å². The Morgan fingerprint density at radius 3 is 2.41 bits per heavy atom. The van der Waals surface area contributed by atoms with E-state index in [9.17, 15) is 9.59 Å². The molecule has 2 amide bonds. The van der Waals surface area contributed by atoms with Crippen LogP contribution in [-0.4, -0.2) is 72.3 Å². The highest BCUT2D eigenvalue weighted by Crippen LogP contribution is 2.06. The third-order valence-electron chi connectivity index (χ3n) is 5.00. The van der Waals surface area contributed by atoms with E-state index in [-0.39, 0.29) is 18.4 Å². The van der Waals surface area contributed by atoms with Crippen LogP contribution in [0.1, 0.15) is 38.7 Å². The number of hydrogen-bond donors (Lipinski definition) is 0. The highest BCUT2D eigenvalue weighted by molar-refractivity contribution is 5.83. The first kappa shape index (κ1) is 21.2. The first-order valence-corrected chi connectivity index (χ1v) is 10.1. The van der Waals surface area contributed by atoms with E-state index < -0.39 is 0 Å². The van der Waals surface area contributed by atoms with Gasteiger partial charge in [0.05, 0.1) is 6.54 Å². The Kier molecular flexibility index (Phi) is 9.05. The maximum Gasteiger partial charge on any atom is 0.242 e. The minimum absolute atomic E-state index is 0.0101. The Labute approximate surface area is 163 Å². The SMILES string of the molecule is CCCCCN(CC(=O)N1CCN(C/C=C/c2ccccc2)CC1)C(C)=O. The van der Waals surface area contributed by atoms with Gasteiger partial charge in [0.2, 0.25) is 11.8 Å². The van der Waals surface area contributed by atoms with Crippen LogP contribution in [0, 0.1) is 0 Å². The number of unbranched alkanes of at least 4 members (excludes halogenated alkanes) is 2. The summed E-state index contributed by atoms with van der Waals surface area (Å²) in [4.78, 5) is 30.3. The molecular weight excluding hydrogens is 338 g/mol. The van der Waals surface area contributed by atoms with Crippen LogP contribution in [0.2, 0.25) is 0 Å². The molecular formula is C22H33N3O2. The van der Waals surface area contributed by atoms with Crippen LogP contribution in [0.25, 0.3) is 6.08 Å². The lowest BCUT2D eigenvalue weighted by molar-refractivity contribution is -0.140. The van der Waals surface area contributed by atoms with E-state index in [0.717, 1.165) is 52.0 Å². The van der Waals surface area contributed by atoms with Crippen molar-refractivity contribution in [3.05, 3.63) is 42.0 Å². The second-order valence-corrected chi connectivity index (χ2v) is 7.14. The molecule has 5 nitrogen and oxygen atoms in total. The zero-order valence-corrected chi connectivity index (χ0v) is 16.8. The van der Waals surface area contributed by atoms with Crippen molar-refractivity contribution in [2.45, 2.75) is 33.1 Å². The van der Waals surface area contributed by atoms with E-state index in [1.807, 2.05) is 23.1 Å². The zero-order chi connectivity index (χ0) is 19.5. The molecule has 0 unspecified atom stereocenters. The van der Waals surface area contributed by atoms with Crippen molar-refractivity contribution in [2.24, 2.45) is 0 Å². The number of carbonyl (C=O) groups is 2. The molecule has 0 atom stereocenters. The molecule has 0 bridgehead atoms. The molecule has 27 heavy (non-hydrogen) atoms. The van der Waals surface area contributed by atoms with E-state index >= 15 is 0 Å². The van der Waals surface area contributed by atoms with Crippen molar-refractivity contribution in [1.82, 2.24) is 14.7 Å². The van der Waals surface area contributed by atoms with E-state index in [1.54, 1.807) is 11.8 Å². The second kappa shape index (κ2) is 11.5. The smallest absolute Gasteiger partial charge is 0.242 e. The van der Waals surface area contributed by atoms with Gasteiger partial charge in [0, 0.05) is 46.2 Å². The first-order chi connectivity index (χ1) is 13.1. The van der Waals surface area contributed by atoms with Gasteiger partial charge in [-0.3, -0.25) is 14.5 Å². The van der Waals surface area contributed by atoms with Crippen molar-refractivity contribution >= 4 is 17.9 Å². The standard InChI is InChI=1S/C22H33N3O2/c1-3-4-8-14-25(20(2)26)19-22(27)24-17-15-23(16-18-24)13-9-12-21-10-6-5-7-11-21/h5-7,9-12H,3-4,8,13-19H2,1-2H3/b12-9+. The Bertz CT molecular complexity index is 607. The predicted octanol–water partition coefficient (Wildman–Crippen LogP) is 2.88. The van der Waals surface area contributed by atoms with Crippen LogP contribution < -0.4 is 0 Å². The van der Waals surface area contributed by atoms with Gasteiger partial charge in [-0.05, 0) is 12.0 Å². The minimum atomic E-state index is -0.0101. The van der Waals surface area contributed by atoms with Crippen LogP contribution in [-0.2, 0) is 9.59 Å². The molecule has 5 heteroatoms. The number of piperazine rings is 1. The Morgan fingerprint density at radius 2 is 1.78 bits per heavy atom. The molecule has 1 fully saturated rings. The summed E-state index contributed by atoms with van der Waals surface area (Å²) in [5, 5.41) is 0. The summed E-state index contributed by atoms with van der Waals surface area (Å²) in [7, 11) is 0. The lowest BCUT2D eigenvalue weighted by atomic mass is 10.2. The van der Waals surface area contributed by atoms with Gasteiger partial charge >= 0.3 is 0 Å².